The number of rotatable bonds is 2. The molecule has 19 heavy (non-hydrogen) atoms. The highest BCUT2D eigenvalue weighted by Crippen LogP contribution is 2.37. The number of phenolic OH excluding ortho intramolecular Hbond substituents is 2. The van der Waals surface area contributed by atoms with Gasteiger partial charge in [0.15, 0.2) is 11.5 Å². The van der Waals surface area contributed by atoms with Crippen molar-refractivity contribution in [3.63, 3.8) is 0 Å². The lowest BCUT2D eigenvalue weighted by atomic mass is 10.3. The van der Waals surface area contributed by atoms with Crippen LogP contribution < -0.4 is 0 Å². The summed E-state index contributed by atoms with van der Waals surface area (Å²) in [6, 6.07) is 7.72. The number of benzene rings is 2. The lowest BCUT2D eigenvalue weighted by Crippen LogP contribution is -2.03. The third-order valence-electron chi connectivity index (χ3n) is 2.44. The lowest BCUT2D eigenvalue weighted by molar-refractivity contribution is 0.402. The second-order valence-electron chi connectivity index (χ2n) is 3.71. The van der Waals surface area contributed by atoms with E-state index in [9.17, 15) is 18.6 Å². The van der Waals surface area contributed by atoms with Gasteiger partial charge in [-0.1, -0.05) is 35.3 Å². The number of halogens is 2. The van der Waals surface area contributed by atoms with Gasteiger partial charge in [-0.15, -0.1) is 0 Å². The molecule has 0 heterocycles. The Balaban J connectivity index is 2.71. The Morgan fingerprint density at radius 3 is 2.05 bits per heavy atom. The molecular formula is C12H8Cl2O4S. The van der Waals surface area contributed by atoms with Crippen LogP contribution >= 0.6 is 23.2 Å². The molecule has 0 saturated carbocycles. The molecule has 2 aromatic rings. The zero-order valence-corrected chi connectivity index (χ0v) is 11.7. The van der Waals surface area contributed by atoms with Crippen molar-refractivity contribution in [2.75, 3.05) is 0 Å². The van der Waals surface area contributed by atoms with E-state index in [-0.39, 0.29) is 19.8 Å². The van der Waals surface area contributed by atoms with Crippen LogP contribution in [0, 0.1) is 0 Å². The van der Waals surface area contributed by atoms with E-state index >= 15 is 0 Å². The van der Waals surface area contributed by atoms with E-state index < -0.39 is 21.3 Å². The highest BCUT2D eigenvalue weighted by atomic mass is 35.5. The molecule has 2 rings (SSSR count). The first-order valence-electron chi connectivity index (χ1n) is 5.05. The number of sulfone groups is 1. The second-order valence-corrected chi connectivity index (χ2v) is 6.41. The molecule has 0 aromatic heterocycles. The lowest BCUT2D eigenvalue weighted by Gasteiger charge is -2.09. The summed E-state index contributed by atoms with van der Waals surface area (Å²) < 4.78 is 24.8. The van der Waals surface area contributed by atoms with Gasteiger partial charge >= 0.3 is 0 Å². The molecule has 0 spiro atoms. The van der Waals surface area contributed by atoms with Crippen molar-refractivity contribution >= 4 is 33.0 Å². The fraction of sp³-hybridized carbons (Fsp3) is 0. The normalized spacial score (nSPS) is 11.5. The van der Waals surface area contributed by atoms with Gasteiger partial charge in [0, 0.05) is 12.1 Å². The van der Waals surface area contributed by atoms with Crippen LogP contribution in [0.15, 0.2) is 46.2 Å². The van der Waals surface area contributed by atoms with Crippen molar-refractivity contribution in [3.8, 4) is 11.5 Å². The van der Waals surface area contributed by atoms with Crippen molar-refractivity contribution < 1.29 is 18.6 Å². The van der Waals surface area contributed by atoms with E-state index in [1.165, 1.54) is 18.2 Å². The van der Waals surface area contributed by atoms with E-state index in [4.69, 9.17) is 23.2 Å². The second kappa shape index (κ2) is 4.92. The van der Waals surface area contributed by atoms with Gasteiger partial charge in [0.05, 0.1) is 19.8 Å². The van der Waals surface area contributed by atoms with E-state index in [1.807, 2.05) is 0 Å². The van der Waals surface area contributed by atoms with Crippen LogP contribution in [0.4, 0.5) is 0 Å². The average molecular weight is 319 g/mol. The molecule has 7 heteroatoms. The molecule has 0 aliphatic heterocycles. The van der Waals surface area contributed by atoms with Crippen molar-refractivity contribution in [2.24, 2.45) is 0 Å². The highest BCUT2D eigenvalue weighted by molar-refractivity contribution is 7.91. The van der Waals surface area contributed by atoms with Crippen molar-refractivity contribution in [3.05, 3.63) is 46.4 Å². The van der Waals surface area contributed by atoms with Crippen LogP contribution in [0.2, 0.25) is 10.0 Å². The molecule has 0 aliphatic carbocycles. The van der Waals surface area contributed by atoms with E-state index in [2.05, 4.69) is 0 Å². The van der Waals surface area contributed by atoms with Crippen LogP contribution in [0.1, 0.15) is 0 Å². The summed E-state index contributed by atoms with van der Waals surface area (Å²) in [4.78, 5) is -0.443. The van der Waals surface area contributed by atoms with Gasteiger partial charge in [0.1, 0.15) is 0 Å². The number of hydrogen-bond donors (Lipinski definition) is 2. The Hall–Kier alpha value is -1.43. The molecule has 100 valence electrons. The van der Waals surface area contributed by atoms with Crippen molar-refractivity contribution in [1.29, 1.82) is 0 Å². The van der Waals surface area contributed by atoms with Crippen molar-refractivity contribution in [1.82, 2.24) is 0 Å². The van der Waals surface area contributed by atoms with E-state index in [0.717, 1.165) is 12.1 Å². The van der Waals surface area contributed by atoms with Crippen LogP contribution in [0.5, 0.6) is 11.5 Å². The predicted molar refractivity (Wildman–Crippen MR) is 71.7 cm³/mol. The van der Waals surface area contributed by atoms with Gasteiger partial charge in [0.25, 0.3) is 0 Å². The van der Waals surface area contributed by atoms with Crippen LogP contribution in [-0.2, 0) is 9.84 Å². The topological polar surface area (TPSA) is 74.6 Å². The fourth-order valence-corrected chi connectivity index (χ4v) is 3.82. The molecule has 0 radical (unpaired) electrons. The minimum atomic E-state index is -3.97. The maximum absolute atomic E-state index is 12.4. The first kappa shape index (κ1) is 14.0. The Morgan fingerprint density at radius 1 is 0.842 bits per heavy atom. The largest absolute Gasteiger partial charge is 0.504 e. The monoisotopic (exact) mass is 318 g/mol. The molecule has 0 unspecified atom stereocenters. The molecule has 4 nitrogen and oxygen atoms in total. The Kier molecular flexibility index (Phi) is 3.62. The smallest absolute Gasteiger partial charge is 0.209 e. The average Bonchev–Trinajstić information content (AvgIpc) is 2.34. The summed E-state index contributed by atoms with van der Waals surface area (Å²) in [6.07, 6.45) is 0. The zero-order chi connectivity index (χ0) is 14.2. The summed E-state index contributed by atoms with van der Waals surface area (Å²) in [6.45, 7) is 0. The van der Waals surface area contributed by atoms with Crippen LogP contribution in [-0.4, -0.2) is 18.6 Å². The summed E-state index contributed by atoms with van der Waals surface area (Å²) in [7, 11) is -3.97. The molecular weight excluding hydrogens is 311 g/mol. The summed E-state index contributed by atoms with van der Waals surface area (Å²) in [5.41, 5.74) is 0. The molecule has 0 fully saturated rings. The van der Waals surface area contributed by atoms with Gasteiger partial charge in [-0.2, -0.15) is 0 Å². The molecule has 0 atom stereocenters. The molecule has 0 bridgehead atoms. The zero-order valence-electron chi connectivity index (χ0n) is 9.34. The highest BCUT2D eigenvalue weighted by Gasteiger charge is 2.24. The number of hydrogen-bond acceptors (Lipinski definition) is 4. The van der Waals surface area contributed by atoms with E-state index in [0.29, 0.717) is 0 Å². The Morgan fingerprint density at radius 2 is 1.42 bits per heavy atom. The molecule has 0 aliphatic rings. The van der Waals surface area contributed by atoms with Crippen LogP contribution in [0.25, 0.3) is 0 Å². The molecule has 2 N–H and O–H groups in total. The standard InChI is InChI=1S/C12H8Cl2O4S/c13-7-3-1-2-4-11(7)19(17,18)12-6-10(16)9(15)5-8(12)14/h1-6,15-16H. The third kappa shape index (κ3) is 2.49. The first-order valence-corrected chi connectivity index (χ1v) is 7.29. The maximum atomic E-state index is 12.4. The fourth-order valence-electron chi connectivity index (χ4n) is 1.52. The first-order chi connectivity index (χ1) is 8.84. The number of aromatic hydroxyl groups is 2. The van der Waals surface area contributed by atoms with Gasteiger partial charge in [-0.3, -0.25) is 0 Å². The molecule has 0 saturated heterocycles. The summed E-state index contributed by atoms with van der Waals surface area (Å²) in [5.74, 6) is -1.07. The summed E-state index contributed by atoms with van der Waals surface area (Å²) in [5, 5.41) is 18.5. The van der Waals surface area contributed by atoms with Gasteiger partial charge < -0.3 is 10.2 Å². The van der Waals surface area contributed by atoms with Gasteiger partial charge in [0.2, 0.25) is 9.84 Å². The summed E-state index contributed by atoms with van der Waals surface area (Å²) >= 11 is 11.6. The van der Waals surface area contributed by atoms with Gasteiger partial charge in [-0.05, 0) is 12.1 Å². The van der Waals surface area contributed by atoms with Crippen LogP contribution in [0.3, 0.4) is 0 Å². The molecule has 2 aromatic carbocycles. The number of phenols is 2. The quantitative estimate of drug-likeness (QED) is 0.833. The maximum Gasteiger partial charge on any atom is 0.209 e. The minimum Gasteiger partial charge on any atom is -0.504 e. The SMILES string of the molecule is O=S(=O)(c1ccccc1Cl)c1cc(O)c(O)cc1Cl. The molecule has 0 amide bonds. The minimum absolute atomic E-state index is 0.0473. The van der Waals surface area contributed by atoms with Crippen molar-refractivity contribution in [2.45, 2.75) is 9.79 Å². The third-order valence-corrected chi connectivity index (χ3v) is 5.16. The Bertz CT molecular complexity index is 741. The van der Waals surface area contributed by atoms with Gasteiger partial charge in [-0.25, -0.2) is 8.42 Å². The van der Waals surface area contributed by atoms with E-state index in [1.54, 1.807) is 6.07 Å². The predicted octanol–water partition coefficient (Wildman–Crippen LogP) is 3.24. The Labute approximate surface area is 119 Å².